The van der Waals surface area contributed by atoms with Crippen molar-refractivity contribution >= 4 is 17.6 Å². The number of aromatic amines is 1. The smallest absolute Gasteiger partial charge is 0.315 e. The molecule has 32 heavy (non-hydrogen) atoms. The number of nitrogens with one attached hydrogen (secondary N) is 2. The maximum absolute atomic E-state index is 14.0. The fraction of sp³-hybridized carbons (Fsp3) is 0.333. The van der Waals surface area contributed by atoms with Crippen molar-refractivity contribution in [1.29, 1.82) is 0 Å². The van der Waals surface area contributed by atoms with Gasteiger partial charge in [0.2, 0.25) is 0 Å². The van der Waals surface area contributed by atoms with Gasteiger partial charge >= 0.3 is 11.8 Å². The van der Waals surface area contributed by atoms with Crippen molar-refractivity contribution in [2.45, 2.75) is 20.0 Å². The summed E-state index contributed by atoms with van der Waals surface area (Å²) in [6.07, 6.45) is 4.94. The molecule has 2 aromatic heterocycles. The lowest BCUT2D eigenvalue weighted by Gasteiger charge is -2.33. The molecule has 0 radical (unpaired) electrons. The van der Waals surface area contributed by atoms with Crippen LogP contribution in [0.3, 0.4) is 0 Å². The summed E-state index contributed by atoms with van der Waals surface area (Å²) in [4.78, 5) is 36.2. The molecule has 168 valence electrons. The van der Waals surface area contributed by atoms with Crippen LogP contribution >= 0.6 is 0 Å². The number of nitrogens with zero attached hydrogens (tertiary/aromatic N) is 5. The lowest BCUT2D eigenvalue weighted by molar-refractivity contribution is -0.144. The summed E-state index contributed by atoms with van der Waals surface area (Å²) in [6.45, 7) is 4.34. The van der Waals surface area contributed by atoms with E-state index in [0.717, 1.165) is 24.0 Å². The van der Waals surface area contributed by atoms with E-state index < -0.39 is 23.4 Å². The van der Waals surface area contributed by atoms with Gasteiger partial charge in [-0.2, -0.15) is 5.10 Å². The van der Waals surface area contributed by atoms with E-state index in [4.69, 9.17) is 0 Å². The number of piperazine rings is 1. The van der Waals surface area contributed by atoms with Crippen molar-refractivity contribution in [2.24, 2.45) is 0 Å². The Hall–Kier alpha value is -3.60. The summed E-state index contributed by atoms with van der Waals surface area (Å²) in [5, 5.41) is 6.71. The van der Waals surface area contributed by atoms with Crippen molar-refractivity contribution in [1.82, 2.24) is 29.5 Å². The third-order valence-electron chi connectivity index (χ3n) is 5.36. The highest BCUT2D eigenvalue weighted by Crippen LogP contribution is 2.18. The van der Waals surface area contributed by atoms with Crippen LogP contribution in [0, 0.1) is 18.6 Å². The number of benzene rings is 1. The van der Waals surface area contributed by atoms with Crippen molar-refractivity contribution in [2.75, 3.05) is 31.5 Å². The summed E-state index contributed by atoms with van der Waals surface area (Å²) in [6, 6.07) is 3.14. The Morgan fingerprint density at radius 2 is 1.94 bits per heavy atom. The van der Waals surface area contributed by atoms with Gasteiger partial charge in [0.25, 0.3) is 0 Å². The van der Waals surface area contributed by atoms with Gasteiger partial charge in [-0.05, 0) is 25.1 Å². The standard InChI is InChI=1S/C21H23F2N7O2/c1-14-11-26-30(12-15-10-16(22)2-3-17(15)23)19(14)27-20(31)21(32)29-8-6-28(7-9-29)13-18-24-4-5-25-18/h2-5,10-11H,6-9,12-13H2,1H3,(H,24,25)(H,27,31). The van der Waals surface area contributed by atoms with Gasteiger partial charge in [0, 0.05) is 49.7 Å². The topological polar surface area (TPSA) is 99.2 Å². The third-order valence-corrected chi connectivity index (χ3v) is 5.36. The Balaban J connectivity index is 1.37. The molecule has 3 heterocycles. The van der Waals surface area contributed by atoms with Gasteiger partial charge in [0.15, 0.2) is 0 Å². The Morgan fingerprint density at radius 1 is 1.16 bits per heavy atom. The van der Waals surface area contributed by atoms with E-state index in [1.807, 2.05) is 0 Å². The van der Waals surface area contributed by atoms with Crippen LogP contribution in [0.2, 0.25) is 0 Å². The maximum atomic E-state index is 14.0. The highest BCUT2D eigenvalue weighted by Gasteiger charge is 2.27. The summed E-state index contributed by atoms with van der Waals surface area (Å²) >= 11 is 0. The number of carbonyl (C=O) groups excluding carboxylic acids is 2. The van der Waals surface area contributed by atoms with E-state index in [2.05, 4.69) is 25.3 Å². The molecule has 2 amide bonds. The number of aryl methyl sites for hydroxylation is 1. The predicted octanol–water partition coefficient (Wildman–Crippen LogP) is 1.52. The first-order chi connectivity index (χ1) is 15.4. The molecular formula is C21H23F2N7O2. The molecule has 0 unspecified atom stereocenters. The Kier molecular flexibility index (Phi) is 6.26. The number of hydrogen-bond donors (Lipinski definition) is 2. The summed E-state index contributed by atoms with van der Waals surface area (Å²) in [5.41, 5.74) is 0.689. The highest BCUT2D eigenvalue weighted by atomic mass is 19.1. The van der Waals surface area contributed by atoms with E-state index in [1.54, 1.807) is 19.3 Å². The van der Waals surface area contributed by atoms with Gasteiger partial charge in [0.05, 0.1) is 19.3 Å². The second-order valence-corrected chi connectivity index (χ2v) is 7.63. The number of amides is 2. The number of anilines is 1. The molecule has 0 aliphatic carbocycles. The molecule has 9 nitrogen and oxygen atoms in total. The van der Waals surface area contributed by atoms with E-state index >= 15 is 0 Å². The molecular weight excluding hydrogens is 420 g/mol. The molecule has 0 saturated carbocycles. The van der Waals surface area contributed by atoms with Crippen molar-refractivity contribution in [3.8, 4) is 0 Å². The minimum absolute atomic E-state index is 0.0857. The summed E-state index contributed by atoms with van der Waals surface area (Å²) in [5.74, 6) is -1.48. The van der Waals surface area contributed by atoms with E-state index in [1.165, 1.54) is 15.8 Å². The van der Waals surface area contributed by atoms with Gasteiger partial charge in [-0.1, -0.05) is 0 Å². The number of imidazole rings is 1. The van der Waals surface area contributed by atoms with Crippen LogP contribution in [0.1, 0.15) is 17.0 Å². The molecule has 11 heteroatoms. The van der Waals surface area contributed by atoms with Gasteiger partial charge in [0.1, 0.15) is 23.3 Å². The van der Waals surface area contributed by atoms with Gasteiger partial charge in [-0.3, -0.25) is 14.5 Å². The zero-order valence-corrected chi connectivity index (χ0v) is 17.5. The molecule has 3 aromatic rings. The van der Waals surface area contributed by atoms with E-state index in [-0.39, 0.29) is 17.9 Å². The van der Waals surface area contributed by atoms with Crippen LogP contribution < -0.4 is 5.32 Å². The number of halogens is 2. The minimum Gasteiger partial charge on any atom is -0.348 e. The van der Waals surface area contributed by atoms with E-state index in [9.17, 15) is 18.4 Å². The van der Waals surface area contributed by atoms with Crippen molar-refractivity contribution < 1.29 is 18.4 Å². The zero-order chi connectivity index (χ0) is 22.7. The van der Waals surface area contributed by atoms with Crippen LogP contribution in [0.15, 0.2) is 36.8 Å². The predicted molar refractivity (Wildman–Crippen MR) is 111 cm³/mol. The SMILES string of the molecule is Cc1cnn(Cc2cc(F)ccc2F)c1NC(=O)C(=O)N1CCN(Cc2ncc[nH]2)CC1. The second-order valence-electron chi connectivity index (χ2n) is 7.63. The van der Waals surface area contributed by atoms with Crippen LogP contribution in [0.4, 0.5) is 14.6 Å². The first-order valence-electron chi connectivity index (χ1n) is 10.2. The van der Waals surface area contributed by atoms with Crippen molar-refractivity contribution in [3.05, 3.63) is 65.4 Å². The molecule has 1 aliphatic heterocycles. The fourth-order valence-corrected chi connectivity index (χ4v) is 3.60. The number of aromatic nitrogens is 4. The molecule has 2 N–H and O–H groups in total. The largest absolute Gasteiger partial charge is 0.348 e. The quantitative estimate of drug-likeness (QED) is 0.583. The third kappa shape index (κ3) is 4.83. The zero-order valence-electron chi connectivity index (χ0n) is 17.5. The molecule has 1 fully saturated rings. The second kappa shape index (κ2) is 9.27. The number of H-pyrrole nitrogens is 1. The number of carbonyl (C=O) groups is 2. The van der Waals surface area contributed by atoms with Crippen molar-refractivity contribution in [3.63, 3.8) is 0 Å². The Labute approximate surface area is 183 Å². The lowest BCUT2D eigenvalue weighted by Crippen LogP contribution is -2.51. The van der Waals surface area contributed by atoms with Crippen LogP contribution in [-0.2, 0) is 22.7 Å². The number of hydrogen-bond acceptors (Lipinski definition) is 5. The maximum Gasteiger partial charge on any atom is 0.315 e. The summed E-state index contributed by atoms with van der Waals surface area (Å²) in [7, 11) is 0. The average molecular weight is 443 g/mol. The molecule has 1 aliphatic rings. The minimum atomic E-state index is -0.797. The van der Waals surface area contributed by atoms with Crippen LogP contribution in [0.5, 0.6) is 0 Å². The van der Waals surface area contributed by atoms with Gasteiger partial charge in [-0.25, -0.2) is 18.4 Å². The summed E-state index contributed by atoms with van der Waals surface area (Å²) < 4.78 is 28.8. The molecule has 0 spiro atoms. The first-order valence-corrected chi connectivity index (χ1v) is 10.2. The van der Waals surface area contributed by atoms with E-state index in [0.29, 0.717) is 38.3 Å². The van der Waals surface area contributed by atoms with Crippen LogP contribution in [-0.4, -0.2) is 67.5 Å². The molecule has 4 rings (SSSR count). The molecule has 1 aromatic carbocycles. The lowest BCUT2D eigenvalue weighted by atomic mass is 10.2. The first kappa shape index (κ1) is 21.6. The fourth-order valence-electron chi connectivity index (χ4n) is 3.60. The molecule has 0 atom stereocenters. The van der Waals surface area contributed by atoms with Gasteiger partial charge in [-0.15, -0.1) is 0 Å². The molecule has 0 bridgehead atoms. The normalized spacial score (nSPS) is 14.5. The highest BCUT2D eigenvalue weighted by molar-refractivity contribution is 6.39. The van der Waals surface area contributed by atoms with Crippen LogP contribution in [0.25, 0.3) is 0 Å². The van der Waals surface area contributed by atoms with Gasteiger partial charge < -0.3 is 15.2 Å². The molecule has 1 saturated heterocycles. The Morgan fingerprint density at radius 3 is 2.66 bits per heavy atom. The average Bonchev–Trinajstić information content (AvgIpc) is 3.41. The Bertz CT molecular complexity index is 1110. The number of rotatable bonds is 5. The monoisotopic (exact) mass is 443 g/mol.